The van der Waals surface area contributed by atoms with Crippen LogP contribution in [0.25, 0.3) is 10.9 Å². The molecule has 5 nitrogen and oxygen atoms in total. The van der Waals surface area contributed by atoms with Gasteiger partial charge in [-0.3, -0.25) is 4.79 Å². The van der Waals surface area contributed by atoms with Gasteiger partial charge in [0.1, 0.15) is 17.1 Å². The second kappa shape index (κ2) is 6.07. The maximum absolute atomic E-state index is 13.5. The first-order valence-corrected chi connectivity index (χ1v) is 9.44. The summed E-state index contributed by atoms with van der Waals surface area (Å²) in [6, 6.07) is 11.4. The van der Waals surface area contributed by atoms with Crippen LogP contribution in [0.2, 0.25) is 5.02 Å². The summed E-state index contributed by atoms with van der Waals surface area (Å²) in [7, 11) is 0. The number of amides is 1. The van der Waals surface area contributed by atoms with Crippen molar-refractivity contribution in [1.29, 1.82) is 0 Å². The van der Waals surface area contributed by atoms with E-state index >= 15 is 0 Å². The normalized spacial score (nSPS) is 17.8. The van der Waals surface area contributed by atoms with Crippen molar-refractivity contribution in [2.75, 3.05) is 13.1 Å². The number of fused-ring (bicyclic) bond motifs is 3. The molecule has 5 rings (SSSR count). The predicted molar refractivity (Wildman–Crippen MR) is 102 cm³/mol. The lowest BCUT2D eigenvalue weighted by molar-refractivity contribution is -0.0390. The average Bonchev–Trinajstić information content (AvgIpc) is 3.21. The van der Waals surface area contributed by atoms with Gasteiger partial charge in [-0.15, -0.1) is 0 Å². The van der Waals surface area contributed by atoms with Crippen LogP contribution in [0, 0.1) is 5.82 Å². The largest absolute Gasteiger partial charge is 0.450 e. The number of H-pyrrole nitrogens is 1. The molecular formula is C21H16ClFN2O3. The van der Waals surface area contributed by atoms with Crippen molar-refractivity contribution in [1.82, 2.24) is 9.88 Å². The lowest BCUT2D eigenvalue weighted by Gasteiger charge is -2.38. The van der Waals surface area contributed by atoms with E-state index in [1.807, 2.05) is 12.1 Å². The highest BCUT2D eigenvalue weighted by atomic mass is 35.5. The molecule has 1 N–H and O–H groups in total. The van der Waals surface area contributed by atoms with Gasteiger partial charge in [0.05, 0.1) is 5.56 Å². The van der Waals surface area contributed by atoms with Gasteiger partial charge in [-0.1, -0.05) is 17.7 Å². The Morgan fingerprint density at radius 1 is 1.14 bits per heavy atom. The zero-order valence-electron chi connectivity index (χ0n) is 14.8. The molecule has 142 valence electrons. The maximum atomic E-state index is 13.5. The number of rotatable bonds is 1. The van der Waals surface area contributed by atoms with Gasteiger partial charge < -0.3 is 14.6 Å². The van der Waals surface area contributed by atoms with Gasteiger partial charge in [0.15, 0.2) is 0 Å². The molecule has 28 heavy (non-hydrogen) atoms. The fourth-order valence-corrected chi connectivity index (χ4v) is 4.38. The molecule has 1 amide bonds. The number of esters is 1. The van der Waals surface area contributed by atoms with Crippen molar-refractivity contribution in [2.45, 2.75) is 18.4 Å². The Balaban J connectivity index is 1.37. The van der Waals surface area contributed by atoms with Crippen LogP contribution in [-0.4, -0.2) is 34.8 Å². The van der Waals surface area contributed by atoms with Gasteiger partial charge in [0.25, 0.3) is 5.91 Å². The number of carbonyl (C=O) groups is 2. The number of piperidine rings is 1. The molecule has 3 heterocycles. The smallest absolute Gasteiger partial charge is 0.339 e. The number of aromatic amines is 1. The van der Waals surface area contributed by atoms with E-state index in [4.69, 9.17) is 16.3 Å². The number of hydrogen-bond donors (Lipinski definition) is 1. The van der Waals surface area contributed by atoms with Crippen molar-refractivity contribution < 1.29 is 18.7 Å². The van der Waals surface area contributed by atoms with Crippen molar-refractivity contribution >= 4 is 34.4 Å². The van der Waals surface area contributed by atoms with Crippen molar-refractivity contribution in [2.24, 2.45) is 0 Å². The quantitative estimate of drug-likeness (QED) is 0.623. The minimum atomic E-state index is -0.773. The summed E-state index contributed by atoms with van der Waals surface area (Å²) in [5, 5.41) is 1.49. The summed E-state index contributed by atoms with van der Waals surface area (Å²) in [4.78, 5) is 30.0. The third-order valence-electron chi connectivity index (χ3n) is 5.65. The summed E-state index contributed by atoms with van der Waals surface area (Å²) >= 11 is 6.01. The molecular weight excluding hydrogens is 383 g/mol. The van der Waals surface area contributed by atoms with Gasteiger partial charge >= 0.3 is 5.97 Å². The number of halogens is 2. The first kappa shape index (κ1) is 17.3. The van der Waals surface area contributed by atoms with Crippen LogP contribution in [0.4, 0.5) is 4.39 Å². The number of likely N-dealkylation sites (tertiary alicyclic amines) is 1. The van der Waals surface area contributed by atoms with Gasteiger partial charge in [-0.25, -0.2) is 9.18 Å². The Morgan fingerprint density at radius 3 is 2.71 bits per heavy atom. The number of nitrogens with zero attached hydrogens (tertiary/aromatic N) is 1. The molecule has 0 bridgehead atoms. The molecule has 1 spiro atoms. The highest BCUT2D eigenvalue weighted by Crippen LogP contribution is 2.44. The van der Waals surface area contributed by atoms with E-state index in [-0.39, 0.29) is 11.5 Å². The molecule has 0 aliphatic carbocycles. The number of hydrogen-bond acceptors (Lipinski definition) is 3. The van der Waals surface area contributed by atoms with E-state index in [1.54, 1.807) is 23.1 Å². The van der Waals surface area contributed by atoms with E-state index in [0.29, 0.717) is 42.2 Å². The molecule has 0 radical (unpaired) electrons. The number of nitrogens with one attached hydrogen (secondary N) is 1. The molecule has 0 unspecified atom stereocenters. The summed E-state index contributed by atoms with van der Waals surface area (Å²) in [6.45, 7) is 0.887. The minimum Gasteiger partial charge on any atom is -0.450 e. The second-order valence-corrected chi connectivity index (χ2v) is 7.72. The van der Waals surface area contributed by atoms with Gasteiger partial charge in [-0.05, 0) is 36.4 Å². The SMILES string of the molecule is O=C1OC2(CCN(C(=O)c3cc4cc(Cl)ccc4[nH]3)CC2)c2ccc(F)cc21. The average molecular weight is 399 g/mol. The van der Waals surface area contributed by atoms with Gasteiger partial charge in [0, 0.05) is 47.4 Å². The van der Waals surface area contributed by atoms with Gasteiger partial charge in [-0.2, -0.15) is 0 Å². The van der Waals surface area contributed by atoms with E-state index in [2.05, 4.69) is 4.98 Å². The van der Waals surface area contributed by atoms with E-state index in [0.717, 1.165) is 10.9 Å². The van der Waals surface area contributed by atoms with Crippen molar-refractivity contribution in [3.05, 3.63) is 70.1 Å². The number of aromatic nitrogens is 1. The Morgan fingerprint density at radius 2 is 1.93 bits per heavy atom. The first-order chi connectivity index (χ1) is 13.4. The molecule has 3 aromatic rings. The van der Waals surface area contributed by atoms with Crippen LogP contribution in [-0.2, 0) is 10.3 Å². The van der Waals surface area contributed by atoms with Crippen LogP contribution in [0.15, 0.2) is 42.5 Å². The highest BCUT2D eigenvalue weighted by Gasteiger charge is 2.48. The molecule has 0 saturated carbocycles. The number of benzene rings is 2. The summed E-state index contributed by atoms with van der Waals surface area (Å²) < 4.78 is 19.1. The van der Waals surface area contributed by atoms with Gasteiger partial charge in [0.2, 0.25) is 0 Å². The molecule has 1 fully saturated rings. The molecule has 2 aliphatic rings. The van der Waals surface area contributed by atoms with E-state index in [9.17, 15) is 14.0 Å². The van der Waals surface area contributed by atoms with Crippen LogP contribution < -0.4 is 0 Å². The van der Waals surface area contributed by atoms with Crippen LogP contribution in [0.1, 0.15) is 39.3 Å². The summed E-state index contributed by atoms with van der Waals surface area (Å²) in [6.07, 6.45) is 0.963. The molecule has 1 aromatic heterocycles. The lowest BCUT2D eigenvalue weighted by atomic mass is 9.83. The summed E-state index contributed by atoms with van der Waals surface area (Å²) in [5.74, 6) is -1.06. The van der Waals surface area contributed by atoms with Crippen LogP contribution in [0.5, 0.6) is 0 Å². The molecule has 0 atom stereocenters. The zero-order valence-corrected chi connectivity index (χ0v) is 15.6. The topological polar surface area (TPSA) is 62.4 Å². The Kier molecular flexibility index (Phi) is 3.74. The Bertz CT molecular complexity index is 1130. The number of carbonyl (C=O) groups excluding carboxylic acids is 2. The Labute approximate surface area is 165 Å². The zero-order chi connectivity index (χ0) is 19.5. The third kappa shape index (κ3) is 2.59. The lowest BCUT2D eigenvalue weighted by Crippen LogP contribution is -2.45. The standard InChI is InChI=1S/C21H16ClFN2O3/c22-13-1-4-17-12(9-13)10-18(24-17)19(26)25-7-5-21(6-8-25)16-3-2-14(23)11-15(16)20(27)28-21/h1-4,9-11,24H,5-8H2. The van der Waals surface area contributed by atoms with Crippen LogP contribution in [0.3, 0.4) is 0 Å². The van der Waals surface area contributed by atoms with Crippen molar-refractivity contribution in [3.63, 3.8) is 0 Å². The monoisotopic (exact) mass is 398 g/mol. The predicted octanol–water partition coefficient (Wildman–Crippen LogP) is 4.26. The fourth-order valence-electron chi connectivity index (χ4n) is 4.20. The molecule has 1 saturated heterocycles. The van der Waals surface area contributed by atoms with E-state index in [1.165, 1.54) is 12.1 Å². The van der Waals surface area contributed by atoms with Crippen molar-refractivity contribution in [3.8, 4) is 0 Å². The summed E-state index contributed by atoms with van der Waals surface area (Å²) in [5.41, 5.74) is 1.57. The third-order valence-corrected chi connectivity index (χ3v) is 5.89. The molecule has 2 aromatic carbocycles. The second-order valence-electron chi connectivity index (χ2n) is 7.28. The molecule has 2 aliphatic heterocycles. The fraction of sp³-hybridized carbons (Fsp3) is 0.238. The first-order valence-electron chi connectivity index (χ1n) is 9.06. The highest BCUT2D eigenvalue weighted by molar-refractivity contribution is 6.31. The Hall–Kier alpha value is -2.86. The molecule has 7 heteroatoms. The van der Waals surface area contributed by atoms with Crippen LogP contribution >= 0.6 is 11.6 Å². The maximum Gasteiger partial charge on any atom is 0.339 e. The minimum absolute atomic E-state index is 0.106. The van der Waals surface area contributed by atoms with E-state index < -0.39 is 17.4 Å². The number of ether oxygens (including phenoxy) is 1.